The minimum Gasteiger partial charge on any atom is -0.321 e. The highest BCUT2D eigenvalue weighted by molar-refractivity contribution is 6.30. The number of hydrogen-bond acceptors (Lipinski definition) is 1. The van der Waals surface area contributed by atoms with Gasteiger partial charge in [0.1, 0.15) is 5.82 Å². The van der Waals surface area contributed by atoms with Gasteiger partial charge in [-0.15, -0.1) is 0 Å². The summed E-state index contributed by atoms with van der Waals surface area (Å²) in [5, 5.41) is 0.183. The molecule has 2 atom stereocenters. The third-order valence-electron chi connectivity index (χ3n) is 4.05. The fraction of sp³-hybridized carbons (Fsp3) is 0.500. The molecular formula is C12H13ClFN. The van der Waals surface area contributed by atoms with Gasteiger partial charge < -0.3 is 5.73 Å². The molecule has 2 saturated carbocycles. The molecule has 80 valence electrons. The monoisotopic (exact) mass is 225 g/mol. The van der Waals surface area contributed by atoms with Crippen LogP contribution in [0.1, 0.15) is 24.8 Å². The van der Waals surface area contributed by atoms with Gasteiger partial charge >= 0.3 is 0 Å². The zero-order chi connectivity index (χ0) is 10.6. The lowest BCUT2D eigenvalue weighted by atomic mass is 9.97. The van der Waals surface area contributed by atoms with Crippen molar-refractivity contribution >= 4 is 11.6 Å². The van der Waals surface area contributed by atoms with Gasteiger partial charge in [-0.3, -0.25) is 0 Å². The van der Waals surface area contributed by atoms with Crippen molar-refractivity contribution in [3.05, 3.63) is 34.6 Å². The minimum absolute atomic E-state index is 0.183. The molecule has 3 heteroatoms. The Hall–Kier alpha value is -0.600. The van der Waals surface area contributed by atoms with E-state index in [9.17, 15) is 4.39 Å². The lowest BCUT2D eigenvalue weighted by Crippen LogP contribution is -2.25. The Morgan fingerprint density at radius 2 is 2.00 bits per heavy atom. The van der Waals surface area contributed by atoms with Crippen LogP contribution in [0.3, 0.4) is 0 Å². The molecule has 0 radical (unpaired) electrons. The van der Waals surface area contributed by atoms with E-state index < -0.39 is 0 Å². The Kier molecular flexibility index (Phi) is 1.89. The Labute approximate surface area is 93.4 Å². The third-order valence-corrected chi connectivity index (χ3v) is 4.34. The van der Waals surface area contributed by atoms with Gasteiger partial charge in [-0.25, -0.2) is 4.39 Å². The molecule has 1 nitrogen and oxygen atoms in total. The van der Waals surface area contributed by atoms with E-state index >= 15 is 0 Å². The van der Waals surface area contributed by atoms with Crippen LogP contribution in [-0.4, -0.2) is 0 Å². The van der Waals surface area contributed by atoms with Crippen LogP contribution in [0.4, 0.5) is 4.39 Å². The van der Waals surface area contributed by atoms with Crippen LogP contribution in [0.15, 0.2) is 18.2 Å². The van der Waals surface area contributed by atoms with E-state index in [1.165, 1.54) is 25.3 Å². The number of nitrogens with two attached hydrogens (primary N) is 1. The zero-order valence-corrected chi connectivity index (χ0v) is 9.10. The second kappa shape index (κ2) is 2.96. The molecule has 0 spiro atoms. The summed E-state index contributed by atoms with van der Waals surface area (Å²) in [5.74, 6) is 0.827. The van der Waals surface area contributed by atoms with Crippen LogP contribution in [0, 0.1) is 17.7 Å². The first-order valence-corrected chi connectivity index (χ1v) is 5.76. The zero-order valence-electron chi connectivity index (χ0n) is 8.34. The van der Waals surface area contributed by atoms with Crippen molar-refractivity contribution in [2.24, 2.45) is 17.6 Å². The highest BCUT2D eigenvalue weighted by atomic mass is 35.5. The minimum atomic E-state index is -0.366. The predicted octanol–water partition coefficient (Wildman–Crippen LogP) is 3.06. The van der Waals surface area contributed by atoms with Crippen LogP contribution < -0.4 is 5.73 Å². The fourth-order valence-corrected chi connectivity index (χ4v) is 3.38. The van der Waals surface area contributed by atoms with Gasteiger partial charge in [0.2, 0.25) is 0 Å². The van der Waals surface area contributed by atoms with Crippen LogP contribution in [-0.2, 0) is 5.54 Å². The molecule has 2 aliphatic carbocycles. The summed E-state index contributed by atoms with van der Waals surface area (Å²) in [6.45, 7) is 0. The van der Waals surface area contributed by atoms with Crippen molar-refractivity contribution in [1.29, 1.82) is 0 Å². The predicted molar refractivity (Wildman–Crippen MR) is 58.1 cm³/mol. The van der Waals surface area contributed by atoms with E-state index in [2.05, 4.69) is 0 Å². The summed E-state index contributed by atoms with van der Waals surface area (Å²) < 4.78 is 13.0. The standard InChI is InChI=1S/C12H13ClFN/c13-10-6-7(4-5-11(10)14)12(15)8-2-1-3-9(8)12/h4-6,8-9H,1-3,15H2. The highest BCUT2D eigenvalue weighted by Gasteiger charge is 2.64. The molecule has 0 aromatic heterocycles. The van der Waals surface area contributed by atoms with Gasteiger partial charge in [0.25, 0.3) is 0 Å². The topological polar surface area (TPSA) is 26.0 Å². The molecule has 0 heterocycles. The molecule has 0 amide bonds. The normalized spacial score (nSPS) is 37.8. The van der Waals surface area contributed by atoms with E-state index in [0.29, 0.717) is 11.8 Å². The Morgan fingerprint density at radius 1 is 1.33 bits per heavy atom. The second-order valence-corrected chi connectivity index (χ2v) is 5.11. The van der Waals surface area contributed by atoms with Crippen LogP contribution in [0.2, 0.25) is 5.02 Å². The first-order valence-electron chi connectivity index (χ1n) is 5.38. The fourth-order valence-electron chi connectivity index (χ4n) is 3.19. The Morgan fingerprint density at radius 3 is 2.60 bits per heavy atom. The maximum absolute atomic E-state index is 13.0. The summed E-state index contributed by atoms with van der Waals surface area (Å²) in [6, 6.07) is 4.88. The van der Waals surface area contributed by atoms with Gasteiger partial charge in [-0.05, 0) is 42.4 Å². The van der Waals surface area contributed by atoms with Crippen molar-refractivity contribution in [2.75, 3.05) is 0 Å². The van der Waals surface area contributed by atoms with E-state index in [1.54, 1.807) is 12.1 Å². The van der Waals surface area contributed by atoms with Crippen molar-refractivity contribution in [2.45, 2.75) is 24.8 Å². The van der Waals surface area contributed by atoms with E-state index in [4.69, 9.17) is 17.3 Å². The van der Waals surface area contributed by atoms with Crippen molar-refractivity contribution in [3.8, 4) is 0 Å². The van der Waals surface area contributed by atoms with Crippen LogP contribution in [0.5, 0.6) is 0 Å². The molecule has 3 rings (SSSR count). The highest BCUT2D eigenvalue weighted by Crippen LogP contribution is 2.64. The Balaban J connectivity index is 1.97. The summed E-state index contributed by atoms with van der Waals surface area (Å²) in [4.78, 5) is 0. The van der Waals surface area contributed by atoms with Gasteiger partial charge in [-0.2, -0.15) is 0 Å². The summed E-state index contributed by atoms with van der Waals surface area (Å²) >= 11 is 5.77. The summed E-state index contributed by atoms with van der Waals surface area (Å²) in [6.07, 6.45) is 3.69. The van der Waals surface area contributed by atoms with E-state index in [1.807, 2.05) is 0 Å². The van der Waals surface area contributed by atoms with Gasteiger partial charge in [-0.1, -0.05) is 24.1 Å². The molecule has 2 aliphatic rings. The number of halogens is 2. The Bertz CT molecular complexity index is 408. The number of rotatable bonds is 1. The van der Waals surface area contributed by atoms with Gasteiger partial charge in [0.05, 0.1) is 5.02 Å². The van der Waals surface area contributed by atoms with E-state index in [0.717, 1.165) is 5.56 Å². The molecule has 2 fully saturated rings. The van der Waals surface area contributed by atoms with E-state index in [-0.39, 0.29) is 16.4 Å². The molecule has 1 aromatic carbocycles. The number of fused-ring (bicyclic) bond motifs is 1. The first kappa shape index (κ1) is 9.61. The first-order chi connectivity index (χ1) is 7.14. The van der Waals surface area contributed by atoms with Gasteiger partial charge in [0.15, 0.2) is 0 Å². The quantitative estimate of drug-likeness (QED) is 0.781. The van der Waals surface area contributed by atoms with Crippen LogP contribution >= 0.6 is 11.6 Å². The molecule has 15 heavy (non-hydrogen) atoms. The van der Waals surface area contributed by atoms with Gasteiger partial charge in [0, 0.05) is 5.54 Å². The maximum Gasteiger partial charge on any atom is 0.141 e. The molecule has 0 aliphatic heterocycles. The van der Waals surface area contributed by atoms with Crippen LogP contribution in [0.25, 0.3) is 0 Å². The van der Waals surface area contributed by atoms with Crippen molar-refractivity contribution < 1.29 is 4.39 Å². The number of hydrogen-bond donors (Lipinski definition) is 1. The second-order valence-electron chi connectivity index (χ2n) is 4.71. The molecule has 1 aromatic rings. The van der Waals surface area contributed by atoms with Crippen molar-refractivity contribution in [3.63, 3.8) is 0 Å². The molecule has 0 saturated heterocycles. The van der Waals surface area contributed by atoms with Crippen molar-refractivity contribution in [1.82, 2.24) is 0 Å². The maximum atomic E-state index is 13.0. The smallest absolute Gasteiger partial charge is 0.141 e. The molecular weight excluding hydrogens is 213 g/mol. The third kappa shape index (κ3) is 1.18. The molecule has 0 bridgehead atoms. The lowest BCUT2D eigenvalue weighted by Gasteiger charge is -2.16. The SMILES string of the molecule is NC1(c2ccc(F)c(Cl)c2)C2CCCC21. The summed E-state index contributed by atoms with van der Waals surface area (Å²) in [5.41, 5.74) is 7.15. The average Bonchev–Trinajstić information content (AvgIpc) is 2.66. The lowest BCUT2D eigenvalue weighted by molar-refractivity contribution is 0.525. The molecule has 2 unspecified atom stereocenters. The average molecular weight is 226 g/mol. The number of benzene rings is 1. The largest absolute Gasteiger partial charge is 0.321 e. The molecule has 2 N–H and O–H groups in total. The summed E-state index contributed by atoms with van der Waals surface area (Å²) in [7, 11) is 0.